The first kappa shape index (κ1) is 18.9. The molecular formula is C24H18N8O. The van der Waals surface area contributed by atoms with Crippen LogP contribution in [0.2, 0.25) is 0 Å². The van der Waals surface area contributed by atoms with Gasteiger partial charge < -0.3 is 14.6 Å². The smallest absolute Gasteiger partial charge is 0.224 e. The first-order valence-corrected chi connectivity index (χ1v) is 10.3. The minimum absolute atomic E-state index is 0.457. The number of fused-ring (bicyclic) bond motifs is 2. The first-order chi connectivity index (χ1) is 16.2. The average Bonchev–Trinajstić information content (AvgIpc) is 3.53. The molecule has 33 heavy (non-hydrogen) atoms. The summed E-state index contributed by atoms with van der Waals surface area (Å²) in [4.78, 5) is 13.2. The Bertz CT molecular complexity index is 1590. The summed E-state index contributed by atoms with van der Waals surface area (Å²) in [5.74, 6) is 1.90. The molecule has 0 spiro atoms. The molecule has 6 aromatic rings. The van der Waals surface area contributed by atoms with Crippen LogP contribution < -0.4 is 10.1 Å². The van der Waals surface area contributed by atoms with Gasteiger partial charge in [0, 0.05) is 35.2 Å². The summed E-state index contributed by atoms with van der Waals surface area (Å²) < 4.78 is 9.75. The number of ether oxygens (including phenoxy) is 1. The first-order valence-electron chi connectivity index (χ1n) is 10.3. The quantitative estimate of drug-likeness (QED) is 0.420. The summed E-state index contributed by atoms with van der Waals surface area (Å²) >= 11 is 0. The van der Waals surface area contributed by atoms with E-state index < -0.39 is 0 Å². The summed E-state index contributed by atoms with van der Waals surface area (Å²) in [5, 5.41) is 12.2. The molecule has 0 atom stereocenters. The van der Waals surface area contributed by atoms with Crippen molar-refractivity contribution in [3.8, 4) is 17.3 Å². The second-order valence-electron chi connectivity index (χ2n) is 7.54. The van der Waals surface area contributed by atoms with Gasteiger partial charge in [-0.2, -0.15) is 0 Å². The molecule has 2 aromatic carbocycles. The Kier molecular flexibility index (Phi) is 4.43. The number of aromatic nitrogens is 7. The molecule has 0 bridgehead atoms. The number of benzene rings is 2. The van der Waals surface area contributed by atoms with Gasteiger partial charge in [-0.25, -0.2) is 15.0 Å². The van der Waals surface area contributed by atoms with Gasteiger partial charge in [0.2, 0.25) is 5.88 Å². The van der Waals surface area contributed by atoms with Gasteiger partial charge in [-0.05, 0) is 61.0 Å². The lowest BCUT2D eigenvalue weighted by Crippen LogP contribution is -1.99. The highest BCUT2D eigenvalue weighted by atomic mass is 16.5. The molecule has 0 aliphatic rings. The van der Waals surface area contributed by atoms with Gasteiger partial charge in [0.1, 0.15) is 30.5 Å². The van der Waals surface area contributed by atoms with Crippen molar-refractivity contribution in [1.82, 2.24) is 34.1 Å². The number of anilines is 2. The van der Waals surface area contributed by atoms with Gasteiger partial charge >= 0.3 is 0 Å². The van der Waals surface area contributed by atoms with Gasteiger partial charge in [0.25, 0.3) is 0 Å². The van der Waals surface area contributed by atoms with Gasteiger partial charge in [-0.1, -0.05) is 0 Å². The minimum atomic E-state index is 0.457. The van der Waals surface area contributed by atoms with Crippen LogP contribution in [0.5, 0.6) is 11.6 Å². The standard InChI is InChI=1S/C24H18N8O/c1-16-10-17(4-7-21(16)33-23-12-22-30-28-15-32(22)14-27-23)29-24-19-11-18(31-8-2-3-9-31)5-6-20(19)25-13-26-24/h2-15H,1H3,(H,25,26,29). The summed E-state index contributed by atoms with van der Waals surface area (Å²) in [6, 6.07) is 17.7. The highest BCUT2D eigenvalue weighted by Crippen LogP contribution is 2.30. The Hall–Kier alpha value is -4.79. The minimum Gasteiger partial charge on any atom is -0.439 e. The van der Waals surface area contributed by atoms with Gasteiger partial charge in [-0.3, -0.25) is 4.40 Å². The van der Waals surface area contributed by atoms with E-state index in [0.717, 1.165) is 33.7 Å². The van der Waals surface area contributed by atoms with Crippen molar-refractivity contribution in [2.45, 2.75) is 6.92 Å². The van der Waals surface area contributed by atoms with Crippen LogP contribution in [0.25, 0.3) is 22.2 Å². The Morgan fingerprint density at radius 2 is 1.82 bits per heavy atom. The molecule has 0 aliphatic carbocycles. The van der Waals surface area contributed by atoms with E-state index in [9.17, 15) is 0 Å². The third kappa shape index (κ3) is 3.61. The molecule has 0 amide bonds. The second-order valence-corrected chi connectivity index (χ2v) is 7.54. The molecule has 0 saturated carbocycles. The largest absolute Gasteiger partial charge is 0.439 e. The zero-order chi connectivity index (χ0) is 22.2. The highest BCUT2D eigenvalue weighted by Gasteiger charge is 2.09. The molecule has 160 valence electrons. The predicted molar refractivity (Wildman–Crippen MR) is 124 cm³/mol. The molecule has 0 aliphatic heterocycles. The lowest BCUT2D eigenvalue weighted by molar-refractivity contribution is 0.458. The van der Waals surface area contributed by atoms with Crippen molar-refractivity contribution in [3.05, 3.63) is 91.5 Å². The molecule has 1 N–H and O–H groups in total. The molecule has 6 rings (SSSR count). The Morgan fingerprint density at radius 3 is 2.70 bits per heavy atom. The highest BCUT2D eigenvalue weighted by molar-refractivity contribution is 5.92. The molecule has 4 heterocycles. The van der Waals surface area contributed by atoms with E-state index in [1.807, 2.05) is 61.8 Å². The predicted octanol–water partition coefficient (Wildman–Crippen LogP) is 4.70. The van der Waals surface area contributed by atoms with Crippen LogP contribution in [0, 0.1) is 6.92 Å². The zero-order valence-electron chi connectivity index (χ0n) is 17.6. The van der Waals surface area contributed by atoms with Gasteiger partial charge in [-0.15, -0.1) is 10.2 Å². The molecule has 0 unspecified atom stereocenters. The molecule has 0 saturated heterocycles. The van der Waals surface area contributed by atoms with Crippen LogP contribution in [0.1, 0.15) is 5.56 Å². The van der Waals surface area contributed by atoms with E-state index in [-0.39, 0.29) is 0 Å². The number of nitrogens with zero attached hydrogens (tertiary/aromatic N) is 7. The lowest BCUT2D eigenvalue weighted by Gasteiger charge is -2.13. The van der Waals surface area contributed by atoms with Gasteiger partial charge in [0.15, 0.2) is 5.65 Å². The van der Waals surface area contributed by atoms with Crippen LogP contribution in [0.3, 0.4) is 0 Å². The molecule has 9 heteroatoms. The molecular weight excluding hydrogens is 416 g/mol. The third-order valence-corrected chi connectivity index (χ3v) is 5.34. The molecule has 9 nitrogen and oxygen atoms in total. The van der Waals surface area contributed by atoms with E-state index in [2.05, 4.69) is 41.1 Å². The molecule has 0 fully saturated rings. The fraction of sp³-hybridized carbons (Fsp3) is 0.0417. The number of hydrogen-bond acceptors (Lipinski definition) is 7. The van der Waals surface area contributed by atoms with E-state index in [1.165, 1.54) is 0 Å². The maximum atomic E-state index is 5.97. The fourth-order valence-electron chi connectivity index (χ4n) is 3.67. The van der Waals surface area contributed by atoms with Crippen molar-refractivity contribution >= 4 is 28.1 Å². The third-order valence-electron chi connectivity index (χ3n) is 5.34. The lowest BCUT2D eigenvalue weighted by atomic mass is 10.1. The second kappa shape index (κ2) is 7.72. The number of nitrogens with one attached hydrogen (secondary N) is 1. The van der Waals surface area contributed by atoms with E-state index in [0.29, 0.717) is 17.3 Å². The summed E-state index contributed by atoms with van der Waals surface area (Å²) in [5.41, 5.74) is 4.44. The number of hydrogen-bond donors (Lipinski definition) is 1. The van der Waals surface area contributed by atoms with Crippen LogP contribution in [0.15, 0.2) is 86.0 Å². The molecule has 4 aromatic heterocycles. The summed E-state index contributed by atoms with van der Waals surface area (Å²) in [7, 11) is 0. The SMILES string of the molecule is Cc1cc(Nc2ncnc3ccc(-n4cccc4)cc23)ccc1Oc1cc2nncn2cn1. The van der Waals surface area contributed by atoms with Crippen molar-refractivity contribution in [3.63, 3.8) is 0 Å². The molecule has 0 radical (unpaired) electrons. The van der Waals surface area contributed by atoms with E-state index >= 15 is 0 Å². The summed E-state index contributed by atoms with van der Waals surface area (Å²) in [6.07, 6.45) is 8.80. The number of rotatable bonds is 5. The van der Waals surface area contributed by atoms with Gasteiger partial charge in [0.05, 0.1) is 5.52 Å². The van der Waals surface area contributed by atoms with Crippen LogP contribution in [-0.4, -0.2) is 34.1 Å². The Balaban J connectivity index is 1.29. The normalized spacial score (nSPS) is 11.2. The van der Waals surface area contributed by atoms with Crippen molar-refractivity contribution in [1.29, 1.82) is 0 Å². The maximum Gasteiger partial charge on any atom is 0.224 e. The van der Waals surface area contributed by atoms with Crippen LogP contribution >= 0.6 is 0 Å². The van der Waals surface area contributed by atoms with Crippen molar-refractivity contribution < 1.29 is 4.74 Å². The van der Waals surface area contributed by atoms with E-state index in [4.69, 9.17) is 4.74 Å². The zero-order valence-corrected chi connectivity index (χ0v) is 17.6. The van der Waals surface area contributed by atoms with Crippen molar-refractivity contribution in [2.75, 3.05) is 5.32 Å². The Morgan fingerprint density at radius 1 is 0.909 bits per heavy atom. The maximum absolute atomic E-state index is 5.97. The van der Waals surface area contributed by atoms with Crippen molar-refractivity contribution in [2.24, 2.45) is 0 Å². The Labute approximate surface area is 188 Å². The van der Waals surface area contributed by atoms with Crippen LogP contribution in [0.4, 0.5) is 11.5 Å². The number of aryl methyl sites for hydroxylation is 1. The fourth-order valence-corrected chi connectivity index (χ4v) is 3.67. The van der Waals surface area contributed by atoms with Crippen LogP contribution in [-0.2, 0) is 0 Å². The summed E-state index contributed by atoms with van der Waals surface area (Å²) in [6.45, 7) is 1.98. The average molecular weight is 434 g/mol. The van der Waals surface area contributed by atoms with E-state index in [1.54, 1.807) is 29.4 Å². The topological polar surface area (TPSA) is 95.0 Å². The monoisotopic (exact) mass is 434 g/mol.